The van der Waals surface area contributed by atoms with Gasteiger partial charge in [0.2, 0.25) is 0 Å². The first-order valence-electron chi connectivity index (χ1n) is 25.1. The van der Waals surface area contributed by atoms with E-state index in [1.165, 1.54) is 51.4 Å². The van der Waals surface area contributed by atoms with Crippen molar-refractivity contribution in [2.24, 2.45) is 64.6 Å². The molecule has 2 aromatic rings. The zero-order valence-electron chi connectivity index (χ0n) is 39.7. The zero-order valence-corrected chi connectivity index (χ0v) is 39.7. The zero-order chi connectivity index (χ0) is 47.2. The summed E-state index contributed by atoms with van der Waals surface area (Å²) >= 11 is 0. The summed E-state index contributed by atoms with van der Waals surface area (Å²) < 4.78 is 10.3. The molecule has 0 spiro atoms. The first-order chi connectivity index (χ1) is 31.4. The smallest absolute Gasteiger partial charge is 0.119 e. The van der Waals surface area contributed by atoms with Gasteiger partial charge in [-0.2, -0.15) is 0 Å². The molecule has 0 heterocycles. The molecule has 6 atom stereocenters. The fourth-order valence-corrected chi connectivity index (χ4v) is 12.0. The number of hydrogen-bond donors (Lipinski definition) is 10. The lowest BCUT2D eigenvalue weighted by Crippen LogP contribution is -2.38. The van der Waals surface area contributed by atoms with Crippen molar-refractivity contribution in [3.05, 3.63) is 59.7 Å². The first-order valence-corrected chi connectivity index (χ1v) is 25.1. The van der Waals surface area contributed by atoms with Gasteiger partial charge in [0.15, 0.2) is 0 Å². The van der Waals surface area contributed by atoms with Gasteiger partial charge in [-0.25, -0.2) is 0 Å². The summed E-state index contributed by atoms with van der Waals surface area (Å²) in [7, 11) is 0. The minimum absolute atomic E-state index is 0.00274. The minimum atomic E-state index is -0.0461. The number of aliphatic hydroxyl groups excluding tert-OH is 10. The molecule has 2 aromatic carbocycles. The summed E-state index contributed by atoms with van der Waals surface area (Å²) in [5.41, 5.74) is 2.13. The van der Waals surface area contributed by atoms with Crippen LogP contribution in [-0.2, 0) is 13.2 Å². The molecule has 6 fully saturated rings. The van der Waals surface area contributed by atoms with Crippen molar-refractivity contribution in [2.75, 3.05) is 52.9 Å². The Morgan fingerprint density at radius 2 is 0.846 bits per heavy atom. The van der Waals surface area contributed by atoms with Gasteiger partial charge in [-0.05, 0) is 203 Å². The number of rotatable bonds is 14. The van der Waals surface area contributed by atoms with E-state index in [2.05, 4.69) is 13.8 Å². The Morgan fingerprint density at radius 3 is 1.20 bits per heavy atom. The highest BCUT2D eigenvalue weighted by molar-refractivity contribution is 5.31. The third kappa shape index (κ3) is 17.6. The van der Waals surface area contributed by atoms with E-state index in [-0.39, 0.29) is 51.8 Å². The topological polar surface area (TPSA) is 221 Å². The normalized spacial score (nSPS) is 31.3. The van der Waals surface area contributed by atoms with E-state index in [1.54, 1.807) is 48.5 Å². The molecule has 6 aliphatic rings. The summed E-state index contributed by atoms with van der Waals surface area (Å²) in [6, 6.07) is 14.2. The van der Waals surface area contributed by atoms with Crippen LogP contribution in [-0.4, -0.2) is 116 Å². The Hall–Kier alpha value is -2.36. The maximum absolute atomic E-state index is 9.60. The van der Waals surface area contributed by atoms with Crippen LogP contribution >= 0.6 is 0 Å². The molecule has 65 heavy (non-hydrogen) atoms. The van der Waals surface area contributed by atoms with Gasteiger partial charge in [-0.3, -0.25) is 0 Å². The maximum atomic E-state index is 9.60. The Labute approximate surface area is 390 Å². The lowest BCUT2D eigenvalue weighted by Gasteiger charge is -2.46. The van der Waals surface area contributed by atoms with Crippen LogP contribution in [0.15, 0.2) is 48.5 Å². The second kappa shape index (κ2) is 29.5. The van der Waals surface area contributed by atoms with Gasteiger partial charge in [0, 0.05) is 26.4 Å². The molecule has 372 valence electrons. The van der Waals surface area contributed by atoms with Gasteiger partial charge in [0.25, 0.3) is 0 Å². The lowest BCUT2D eigenvalue weighted by atomic mass is 9.60. The van der Waals surface area contributed by atoms with Crippen molar-refractivity contribution in [3.63, 3.8) is 0 Å². The third-order valence-corrected chi connectivity index (χ3v) is 16.1. The Kier molecular flexibility index (Phi) is 25.1. The average molecular weight is 917 g/mol. The van der Waals surface area contributed by atoms with Gasteiger partial charge in [0.05, 0.1) is 38.6 Å². The molecule has 8 rings (SSSR count). The van der Waals surface area contributed by atoms with Gasteiger partial charge in [-0.1, -0.05) is 38.1 Å². The molecule has 0 saturated heterocycles. The van der Waals surface area contributed by atoms with E-state index in [4.69, 9.17) is 40.1 Å². The van der Waals surface area contributed by atoms with Gasteiger partial charge in [0.1, 0.15) is 24.7 Å². The van der Waals surface area contributed by atoms with Crippen LogP contribution in [0.25, 0.3) is 0 Å². The number of aliphatic hydroxyl groups is 10. The maximum Gasteiger partial charge on any atom is 0.119 e. The number of benzene rings is 2. The molecule has 12 heteroatoms. The van der Waals surface area contributed by atoms with E-state index in [0.29, 0.717) is 67.0 Å². The summed E-state index contributed by atoms with van der Waals surface area (Å²) in [4.78, 5) is 0. The number of ether oxygens (including phenoxy) is 2. The van der Waals surface area contributed by atoms with E-state index in [0.717, 1.165) is 98.0 Å². The van der Waals surface area contributed by atoms with Crippen molar-refractivity contribution >= 4 is 0 Å². The third-order valence-electron chi connectivity index (χ3n) is 16.1. The second-order valence-electron chi connectivity index (χ2n) is 20.5. The molecule has 0 aliphatic heterocycles. The van der Waals surface area contributed by atoms with Crippen LogP contribution in [0, 0.1) is 64.6 Å². The van der Waals surface area contributed by atoms with Crippen molar-refractivity contribution in [2.45, 2.75) is 142 Å². The van der Waals surface area contributed by atoms with Crippen LogP contribution in [0.5, 0.6) is 11.5 Å². The van der Waals surface area contributed by atoms with Crippen molar-refractivity contribution in [1.82, 2.24) is 0 Å². The van der Waals surface area contributed by atoms with Crippen LogP contribution in [0.1, 0.15) is 128 Å². The quantitative estimate of drug-likeness (QED) is 0.102. The predicted molar refractivity (Wildman–Crippen MR) is 253 cm³/mol. The molecule has 10 N–H and O–H groups in total. The van der Waals surface area contributed by atoms with E-state index in [1.807, 2.05) is 0 Å². The molecule has 6 aliphatic carbocycles. The Balaban J connectivity index is 0.000000180. The molecule has 0 radical (unpaired) electrons. The largest absolute Gasteiger partial charge is 0.491 e. The Morgan fingerprint density at radius 1 is 0.446 bits per heavy atom. The molecule has 12 nitrogen and oxygen atoms in total. The van der Waals surface area contributed by atoms with Crippen LogP contribution in [0.4, 0.5) is 0 Å². The van der Waals surface area contributed by atoms with E-state index < -0.39 is 0 Å². The van der Waals surface area contributed by atoms with Crippen LogP contribution < -0.4 is 9.47 Å². The van der Waals surface area contributed by atoms with Gasteiger partial charge < -0.3 is 60.5 Å². The minimum Gasteiger partial charge on any atom is -0.491 e. The highest BCUT2D eigenvalue weighted by Gasteiger charge is 2.55. The first kappa shape index (κ1) is 55.2. The van der Waals surface area contributed by atoms with Crippen LogP contribution in [0.2, 0.25) is 0 Å². The summed E-state index contributed by atoms with van der Waals surface area (Å²) in [5, 5.41) is 89.6. The summed E-state index contributed by atoms with van der Waals surface area (Å²) in [5.74, 6) is 8.56. The summed E-state index contributed by atoms with van der Waals surface area (Å²) in [6.07, 6.45) is 18.1. The number of hydrogen-bond acceptors (Lipinski definition) is 12. The number of fused-ring (bicyclic) bond motifs is 5. The fourth-order valence-electron chi connectivity index (χ4n) is 12.0. The van der Waals surface area contributed by atoms with Gasteiger partial charge >= 0.3 is 0 Å². The van der Waals surface area contributed by atoms with E-state index >= 15 is 0 Å². The molecular weight excluding hydrogens is 829 g/mol. The molecule has 6 saturated carbocycles. The van der Waals surface area contributed by atoms with Crippen LogP contribution in [0.3, 0.4) is 0 Å². The summed E-state index contributed by atoms with van der Waals surface area (Å²) in [6.45, 7) is 6.98. The predicted octanol–water partition coefficient (Wildman–Crippen LogP) is 6.26. The molecule has 0 amide bonds. The SMILES string of the molecule is CC(C)(C1CCC(O)CC1)C1CCC(O)CC1.OCC1CC2C3CC(CO)C(C3)C2C1.OCC1CCC(CO)CC1.OCCOc1ccc(OCCO)cc1.OCc1ccc(CO)cc1. The van der Waals surface area contributed by atoms with Gasteiger partial charge in [-0.15, -0.1) is 0 Å². The average Bonchev–Trinajstić information content (AvgIpc) is 4.08. The van der Waals surface area contributed by atoms with E-state index in [9.17, 15) is 20.4 Å². The molecule has 2 bridgehead atoms. The molecule has 0 aromatic heterocycles. The van der Waals surface area contributed by atoms with Crippen molar-refractivity contribution in [1.29, 1.82) is 0 Å². The lowest BCUT2D eigenvalue weighted by molar-refractivity contribution is 0.00233. The molecule has 6 unspecified atom stereocenters. The standard InChI is InChI=1S/C15H28O2.C12H20O2.C10H14O4.C8H16O2.C8H10O2/c1-15(2,11-3-7-13(16)8-4-11)12-5-9-14(17)10-6-12;13-5-7-1-10-8-3-9(6-14)11(4-8)12(10)2-7;11-5-7-13-9-1-2-10(4-3-9)14-8-6-12;2*9-5-7-1-2-8(6-10)4-3-7/h11-14,16-17H,3-10H2,1-2H3;7-14H,1-6H2;1-4,11-12H,5-8H2;7-10H,1-6H2;1-4,9-10H,5-6H2. The highest BCUT2D eigenvalue weighted by atomic mass is 16.5. The van der Waals surface area contributed by atoms with Crippen molar-refractivity contribution < 1.29 is 60.5 Å². The van der Waals surface area contributed by atoms with Crippen molar-refractivity contribution in [3.8, 4) is 11.5 Å². The Bertz CT molecular complexity index is 1410. The molecular formula is C53H88O12. The second-order valence-corrected chi connectivity index (χ2v) is 20.5. The monoisotopic (exact) mass is 917 g/mol. The fraction of sp³-hybridized carbons (Fsp3) is 0.774. The highest BCUT2D eigenvalue weighted by Crippen LogP contribution is 2.62.